The molecule has 0 fully saturated rings. The van der Waals surface area contributed by atoms with E-state index < -0.39 is 15.6 Å². The van der Waals surface area contributed by atoms with Gasteiger partial charge in [-0.3, -0.25) is 19.4 Å². The third-order valence-electron chi connectivity index (χ3n) is 6.14. The largest absolute Gasteiger partial charge is 0.354 e. The lowest BCUT2D eigenvalue weighted by Crippen LogP contribution is -2.37. The van der Waals surface area contributed by atoms with Crippen LogP contribution in [-0.4, -0.2) is 35.6 Å². The van der Waals surface area contributed by atoms with Gasteiger partial charge in [0.2, 0.25) is 15.9 Å². The predicted octanol–water partition coefficient (Wildman–Crippen LogP) is 2.05. The second-order valence-corrected chi connectivity index (χ2v) is 10.6. The van der Waals surface area contributed by atoms with Crippen LogP contribution >= 0.6 is 0 Å². The molecule has 34 heavy (non-hydrogen) atoms. The van der Waals surface area contributed by atoms with Crippen molar-refractivity contribution in [3.05, 3.63) is 81.0 Å². The summed E-state index contributed by atoms with van der Waals surface area (Å²) in [4.78, 5) is 25.6. The first kappa shape index (κ1) is 23.7. The fraction of sp³-hybridized carbons (Fsp3) is 0.375. The molecule has 3 N–H and O–H groups in total. The standard InChI is InChI=1S/C24H29N5O4S/c1-16-3-6-18(7-4-16)15-34(32,33)28-22-9-5-17(2)29(24(22)31)14-23(30)25-12-19-8-10-21-20(11-19)13-26-27-21/h3-7,9,13,19,28H,8,10-12,14-15H2,1-2H3,(H,25,30)(H,26,27). The summed E-state index contributed by atoms with van der Waals surface area (Å²) in [5.41, 5.74) is 3.93. The topological polar surface area (TPSA) is 126 Å². The number of sulfonamides is 1. The molecule has 0 bridgehead atoms. The van der Waals surface area contributed by atoms with Gasteiger partial charge < -0.3 is 9.88 Å². The van der Waals surface area contributed by atoms with Crippen LogP contribution in [0.3, 0.4) is 0 Å². The SMILES string of the molecule is Cc1ccc(CS(=O)(=O)Nc2ccc(C)n(CC(=O)NCC3CCc4[nH]ncc4C3)c2=O)cc1. The first-order valence-electron chi connectivity index (χ1n) is 11.2. The number of hydrogen-bond acceptors (Lipinski definition) is 5. The highest BCUT2D eigenvalue weighted by Crippen LogP contribution is 2.23. The van der Waals surface area contributed by atoms with Gasteiger partial charge in [0.15, 0.2) is 0 Å². The number of aromatic amines is 1. The highest BCUT2D eigenvalue weighted by Gasteiger charge is 2.21. The normalized spacial score (nSPS) is 15.5. The highest BCUT2D eigenvalue weighted by atomic mass is 32.2. The minimum absolute atomic E-state index is 0.0784. The first-order valence-corrected chi connectivity index (χ1v) is 12.9. The van der Waals surface area contributed by atoms with Crippen molar-refractivity contribution >= 4 is 21.6 Å². The van der Waals surface area contributed by atoms with Crippen molar-refractivity contribution in [2.75, 3.05) is 11.3 Å². The third-order valence-corrected chi connectivity index (χ3v) is 7.39. The van der Waals surface area contributed by atoms with Gasteiger partial charge in [-0.1, -0.05) is 29.8 Å². The van der Waals surface area contributed by atoms with E-state index >= 15 is 0 Å². The van der Waals surface area contributed by atoms with Gasteiger partial charge in [-0.05, 0) is 62.3 Å². The molecule has 1 atom stereocenters. The van der Waals surface area contributed by atoms with Crippen LogP contribution < -0.4 is 15.6 Å². The van der Waals surface area contributed by atoms with Gasteiger partial charge in [0.1, 0.15) is 12.2 Å². The number of nitrogens with zero attached hydrogens (tertiary/aromatic N) is 2. The summed E-state index contributed by atoms with van der Waals surface area (Å²) in [6, 6.07) is 10.2. The summed E-state index contributed by atoms with van der Waals surface area (Å²) in [7, 11) is -3.80. The molecular formula is C24H29N5O4S. The van der Waals surface area contributed by atoms with Gasteiger partial charge in [-0.25, -0.2) is 8.42 Å². The maximum absolute atomic E-state index is 13.0. The average molecular weight is 484 g/mol. The molecule has 0 saturated heterocycles. The molecule has 0 radical (unpaired) electrons. The Labute approximate surface area is 198 Å². The minimum atomic E-state index is -3.80. The van der Waals surface area contributed by atoms with Crippen LogP contribution in [0.1, 0.15) is 34.5 Å². The van der Waals surface area contributed by atoms with E-state index in [1.165, 1.54) is 16.2 Å². The Morgan fingerprint density at radius 3 is 2.71 bits per heavy atom. The van der Waals surface area contributed by atoms with Gasteiger partial charge in [0.05, 0.1) is 11.9 Å². The first-order chi connectivity index (χ1) is 16.2. The number of rotatable bonds is 8. The van der Waals surface area contributed by atoms with E-state index in [4.69, 9.17) is 0 Å². The van der Waals surface area contributed by atoms with Crippen molar-refractivity contribution in [1.82, 2.24) is 20.1 Å². The zero-order chi connectivity index (χ0) is 24.3. The van der Waals surface area contributed by atoms with Crippen molar-refractivity contribution in [3.8, 4) is 0 Å². The van der Waals surface area contributed by atoms with E-state index in [0.717, 1.165) is 30.5 Å². The molecule has 3 aromatic rings. The Balaban J connectivity index is 1.39. The zero-order valence-corrected chi connectivity index (χ0v) is 20.1. The van der Waals surface area contributed by atoms with E-state index in [0.29, 0.717) is 23.7 Å². The summed E-state index contributed by atoms with van der Waals surface area (Å²) < 4.78 is 28.9. The number of benzene rings is 1. The summed E-state index contributed by atoms with van der Waals surface area (Å²) in [5, 5.41) is 9.99. The number of nitrogens with one attached hydrogen (secondary N) is 3. The van der Waals surface area contributed by atoms with Gasteiger partial charge >= 0.3 is 0 Å². The molecule has 10 heteroatoms. The Morgan fingerprint density at radius 2 is 1.94 bits per heavy atom. The van der Waals surface area contributed by atoms with E-state index in [1.807, 2.05) is 25.3 Å². The Bertz CT molecular complexity index is 1340. The lowest BCUT2D eigenvalue weighted by atomic mass is 9.88. The maximum Gasteiger partial charge on any atom is 0.275 e. The lowest BCUT2D eigenvalue weighted by molar-refractivity contribution is -0.121. The fourth-order valence-corrected chi connectivity index (χ4v) is 5.37. The number of aromatic nitrogens is 3. The fourth-order valence-electron chi connectivity index (χ4n) is 4.18. The number of carbonyl (C=O) groups is 1. The number of hydrogen-bond donors (Lipinski definition) is 3. The van der Waals surface area contributed by atoms with Gasteiger partial charge in [-0.15, -0.1) is 0 Å². The molecule has 0 aliphatic heterocycles. The predicted molar refractivity (Wildman–Crippen MR) is 130 cm³/mol. The Hall–Kier alpha value is -3.40. The highest BCUT2D eigenvalue weighted by molar-refractivity contribution is 7.91. The van der Waals surface area contributed by atoms with Crippen LogP contribution in [0.25, 0.3) is 0 Å². The molecule has 4 rings (SSSR count). The van der Waals surface area contributed by atoms with Crippen LogP contribution in [0.2, 0.25) is 0 Å². The molecule has 2 heterocycles. The van der Waals surface area contributed by atoms with Gasteiger partial charge in [0, 0.05) is 17.9 Å². The van der Waals surface area contributed by atoms with E-state index in [9.17, 15) is 18.0 Å². The smallest absolute Gasteiger partial charge is 0.275 e. The number of amides is 1. The van der Waals surface area contributed by atoms with E-state index in [-0.39, 0.29) is 23.9 Å². The second kappa shape index (κ2) is 9.84. The molecule has 1 amide bonds. The molecule has 9 nitrogen and oxygen atoms in total. The van der Waals surface area contributed by atoms with Crippen molar-refractivity contribution in [2.45, 2.75) is 45.4 Å². The van der Waals surface area contributed by atoms with Crippen LogP contribution in [0.15, 0.2) is 47.4 Å². The molecule has 1 aromatic carbocycles. The molecule has 1 aliphatic rings. The Morgan fingerprint density at radius 1 is 1.18 bits per heavy atom. The van der Waals surface area contributed by atoms with Crippen molar-refractivity contribution in [3.63, 3.8) is 0 Å². The number of pyridine rings is 1. The van der Waals surface area contributed by atoms with Crippen molar-refractivity contribution < 1.29 is 13.2 Å². The van der Waals surface area contributed by atoms with Crippen LogP contribution in [0.5, 0.6) is 0 Å². The molecule has 0 saturated carbocycles. The van der Waals surface area contributed by atoms with E-state index in [2.05, 4.69) is 20.2 Å². The zero-order valence-electron chi connectivity index (χ0n) is 19.3. The minimum Gasteiger partial charge on any atom is -0.354 e. The third kappa shape index (κ3) is 5.74. The van der Waals surface area contributed by atoms with Crippen LogP contribution in [0.4, 0.5) is 5.69 Å². The number of aryl methyl sites for hydroxylation is 3. The van der Waals surface area contributed by atoms with Crippen molar-refractivity contribution in [2.24, 2.45) is 5.92 Å². The summed E-state index contributed by atoms with van der Waals surface area (Å²) in [5.74, 6) is -0.226. The Kier molecular flexibility index (Phi) is 6.87. The van der Waals surface area contributed by atoms with Gasteiger partial charge in [0.25, 0.3) is 5.56 Å². The second-order valence-electron chi connectivity index (χ2n) is 8.91. The number of carbonyl (C=O) groups excluding carboxylic acids is 1. The number of anilines is 1. The van der Waals surface area contributed by atoms with E-state index in [1.54, 1.807) is 25.1 Å². The average Bonchev–Trinajstić information content (AvgIpc) is 3.26. The summed E-state index contributed by atoms with van der Waals surface area (Å²) >= 11 is 0. The number of H-pyrrole nitrogens is 1. The molecule has 1 unspecified atom stereocenters. The molecule has 2 aromatic heterocycles. The molecule has 1 aliphatic carbocycles. The van der Waals surface area contributed by atoms with Gasteiger partial charge in [-0.2, -0.15) is 5.10 Å². The molecule has 180 valence electrons. The monoisotopic (exact) mass is 483 g/mol. The quantitative estimate of drug-likeness (QED) is 0.452. The number of fused-ring (bicyclic) bond motifs is 1. The molecular weight excluding hydrogens is 454 g/mol. The summed E-state index contributed by atoms with van der Waals surface area (Å²) in [6.07, 6.45) is 4.53. The van der Waals surface area contributed by atoms with Crippen LogP contribution in [-0.2, 0) is 40.0 Å². The maximum atomic E-state index is 13.0. The summed E-state index contributed by atoms with van der Waals surface area (Å²) in [6.45, 7) is 3.97. The van der Waals surface area contributed by atoms with Crippen molar-refractivity contribution in [1.29, 1.82) is 0 Å². The lowest BCUT2D eigenvalue weighted by Gasteiger charge is -2.22. The molecule has 0 spiro atoms. The van der Waals surface area contributed by atoms with Crippen LogP contribution in [0, 0.1) is 19.8 Å².